The van der Waals surface area contributed by atoms with Gasteiger partial charge in [-0.25, -0.2) is 0 Å². The van der Waals surface area contributed by atoms with E-state index in [9.17, 15) is 9.59 Å². The molecule has 0 radical (unpaired) electrons. The fourth-order valence-corrected chi connectivity index (χ4v) is 3.46. The third-order valence-corrected chi connectivity index (χ3v) is 4.93. The molecule has 2 amide bonds. The lowest BCUT2D eigenvalue weighted by Gasteiger charge is -2.16. The number of rotatable bonds is 4. The molecule has 2 N–H and O–H groups in total. The van der Waals surface area contributed by atoms with E-state index in [1.54, 1.807) is 11.0 Å². The summed E-state index contributed by atoms with van der Waals surface area (Å²) in [6.45, 7) is 0.560. The second kappa shape index (κ2) is 8.71. The van der Waals surface area contributed by atoms with Crippen LogP contribution in [0.15, 0.2) is 84.9 Å². The van der Waals surface area contributed by atoms with Crippen molar-refractivity contribution in [2.24, 2.45) is 0 Å². The summed E-state index contributed by atoms with van der Waals surface area (Å²) >= 11 is 5.21. The van der Waals surface area contributed by atoms with Crippen LogP contribution in [0.4, 0.5) is 11.4 Å². The average molecular weight is 414 g/mol. The summed E-state index contributed by atoms with van der Waals surface area (Å²) < 4.78 is 0. The average Bonchev–Trinajstić information content (AvgIpc) is 3.10. The molecule has 0 atom stereocenters. The SMILES string of the molecule is O=C(/C=C/c1ccccc1)NC(=S)Nc1ccc(N2Cc3ccccc3C2=O)cc1. The van der Waals surface area contributed by atoms with Crippen LogP contribution in [0.5, 0.6) is 0 Å². The van der Waals surface area contributed by atoms with Gasteiger partial charge in [0.25, 0.3) is 5.91 Å². The van der Waals surface area contributed by atoms with Gasteiger partial charge in [0.05, 0.1) is 6.54 Å². The Labute approximate surface area is 180 Å². The second-order valence-corrected chi connectivity index (χ2v) is 7.19. The van der Waals surface area contributed by atoms with Crippen LogP contribution in [0.2, 0.25) is 0 Å². The Morgan fingerprint density at radius 3 is 2.37 bits per heavy atom. The van der Waals surface area contributed by atoms with E-state index >= 15 is 0 Å². The highest BCUT2D eigenvalue weighted by atomic mass is 32.1. The zero-order chi connectivity index (χ0) is 20.9. The van der Waals surface area contributed by atoms with Gasteiger partial charge in [-0.2, -0.15) is 0 Å². The molecule has 4 rings (SSSR count). The van der Waals surface area contributed by atoms with Crippen molar-refractivity contribution in [3.8, 4) is 0 Å². The number of nitrogens with one attached hydrogen (secondary N) is 2. The predicted molar refractivity (Wildman–Crippen MR) is 123 cm³/mol. The molecule has 30 heavy (non-hydrogen) atoms. The van der Waals surface area contributed by atoms with E-state index in [0.29, 0.717) is 6.54 Å². The lowest BCUT2D eigenvalue weighted by molar-refractivity contribution is -0.115. The third kappa shape index (κ3) is 4.45. The van der Waals surface area contributed by atoms with E-state index in [0.717, 1.165) is 28.1 Å². The first kappa shape index (κ1) is 19.5. The maximum absolute atomic E-state index is 12.6. The minimum absolute atomic E-state index is 0.000651. The van der Waals surface area contributed by atoms with Gasteiger partial charge in [-0.3, -0.25) is 14.9 Å². The van der Waals surface area contributed by atoms with Crippen molar-refractivity contribution in [3.63, 3.8) is 0 Å². The van der Waals surface area contributed by atoms with E-state index < -0.39 is 0 Å². The van der Waals surface area contributed by atoms with Crippen LogP contribution in [0, 0.1) is 0 Å². The van der Waals surface area contributed by atoms with Crippen LogP contribution in [-0.4, -0.2) is 16.9 Å². The molecule has 3 aromatic rings. The Kier molecular flexibility index (Phi) is 5.68. The van der Waals surface area contributed by atoms with E-state index in [4.69, 9.17) is 12.2 Å². The second-order valence-electron chi connectivity index (χ2n) is 6.78. The molecule has 3 aromatic carbocycles. The molecule has 0 aromatic heterocycles. The van der Waals surface area contributed by atoms with Crippen LogP contribution in [0.3, 0.4) is 0 Å². The highest BCUT2D eigenvalue weighted by Crippen LogP contribution is 2.28. The highest BCUT2D eigenvalue weighted by molar-refractivity contribution is 7.80. The molecule has 1 aliphatic heterocycles. The van der Waals surface area contributed by atoms with Gasteiger partial charge in [0.15, 0.2) is 5.11 Å². The van der Waals surface area contributed by atoms with Gasteiger partial charge in [-0.05, 0) is 59.8 Å². The van der Waals surface area contributed by atoms with Gasteiger partial charge in [0.2, 0.25) is 5.91 Å². The summed E-state index contributed by atoms with van der Waals surface area (Å²) in [4.78, 5) is 26.3. The summed E-state index contributed by atoms with van der Waals surface area (Å²) in [6.07, 6.45) is 3.15. The number of hydrogen-bond donors (Lipinski definition) is 2. The van der Waals surface area contributed by atoms with Crippen LogP contribution in [0.25, 0.3) is 6.08 Å². The summed E-state index contributed by atoms with van der Waals surface area (Å²) in [7, 11) is 0. The molecule has 148 valence electrons. The molecular weight excluding hydrogens is 394 g/mol. The monoisotopic (exact) mass is 413 g/mol. The smallest absolute Gasteiger partial charge is 0.258 e. The Balaban J connectivity index is 1.34. The molecule has 0 spiro atoms. The van der Waals surface area contributed by atoms with Crippen molar-refractivity contribution in [2.45, 2.75) is 6.54 Å². The Hall–Kier alpha value is -3.77. The fourth-order valence-electron chi connectivity index (χ4n) is 3.24. The Morgan fingerprint density at radius 2 is 1.63 bits per heavy atom. The molecule has 6 heteroatoms. The molecule has 0 bridgehead atoms. The van der Waals surface area contributed by atoms with Crippen molar-refractivity contribution in [1.82, 2.24) is 5.32 Å². The number of benzene rings is 3. The highest BCUT2D eigenvalue weighted by Gasteiger charge is 2.27. The predicted octanol–water partition coefficient (Wildman–Crippen LogP) is 4.37. The lowest BCUT2D eigenvalue weighted by Crippen LogP contribution is -2.32. The van der Waals surface area contributed by atoms with Gasteiger partial charge in [-0.1, -0.05) is 48.5 Å². The van der Waals surface area contributed by atoms with E-state index in [2.05, 4.69) is 10.6 Å². The third-order valence-electron chi connectivity index (χ3n) is 4.72. The summed E-state index contributed by atoms with van der Waals surface area (Å²) in [6, 6.07) is 24.5. The summed E-state index contributed by atoms with van der Waals surface area (Å²) in [5, 5.41) is 5.80. The Morgan fingerprint density at radius 1 is 0.933 bits per heavy atom. The molecule has 0 aliphatic carbocycles. The van der Waals surface area contributed by atoms with Crippen LogP contribution in [-0.2, 0) is 11.3 Å². The number of carbonyl (C=O) groups excluding carboxylic acids is 2. The van der Waals surface area contributed by atoms with Gasteiger partial charge in [-0.15, -0.1) is 0 Å². The minimum Gasteiger partial charge on any atom is -0.332 e. The van der Waals surface area contributed by atoms with Gasteiger partial charge < -0.3 is 10.2 Å². The van der Waals surface area contributed by atoms with E-state index in [-0.39, 0.29) is 16.9 Å². The van der Waals surface area contributed by atoms with Gasteiger partial charge in [0, 0.05) is 23.0 Å². The van der Waals surface area contributed by atoms with Crippen molar-refractivity contribution in [3.05, 3.63) is 102 Å². The molecule has 0 saturated carbocycles. The van der Waals surface area contributed by atoms with Gasteiger partial charge in [0.1, 0.15) is 0 Å². The quantitative estimate of drug-likeness (QED) is 0.492. The number of thiocarbonyl (C=S) groups is 1. The Bertz CT molecular complexity index is 1120. The number of amides is 2. The summed E-state index contributed by atoms with van der Waals surface area (Å²) in [5.41, 5.74) is 4.23. The molecule has 5 nitrogen and oxygen atoms in total. The number of fused-ring (bicyclic) bond motifs is 1. The minimum atomic E-state index is -0.312. The summed E-state index contributed by atoms with van der Waals surface area (Å²) in [5.74, 6) is -0.312. The number of carbonyl (C=O) groups is 2. The maximum Gasteiger partial charge on any atom is 0.258 e. The number of hydrogen-bond acceptors (Lipinski definition) is 3. The molecule has 0 unspecified atom stereocenters. The van der Waals surface area contributed by atoms with Crippen molar-refractivity contribution < 1.29 is 9.59 Å². The number of nitrogens with zero attached hydrogens (tertiary/aromatic N) is 1. The molecule has 0 saturated heterocycles. The zero-order valence-electron chi connectivity index (χ0n) is 16.0. The van der Waals surface area contributed by atoms with Crippen LogP contribution >= 0.6 is 12.2 Å². The molecule has 0 fully saturated rings. The van der Waals surface area contributed by atoms with Crippen LogP contribution < -0.4 is 15.5 Å². The fraction of sp³-hybridized carbons (Fsp3) is 0.0417. The van der Waals surface area contributed by atoms with E-state index in [1.807, 2.05) is 78.9 Å². The molecule has 1 aliphatic rings. The van der Waals surface area contributed by atoms with Crippen molar-refractivity contribution in [2.75, 3.05) is 10.2 Å². The first-order valence-corrected chi connectivity index (χ1v) is 9.86. The molecular formula is C24H19N3O2S. The zero-order valence-corrected chi connectivity index (χ0v) is 16.9. The topological polar surface area (TPSA) is 61.4 Å². The largest absolute Gasteiger partial charge is 0.332 e. The molecule has 1 heterocycles. The standard InChI is InChI=1S/C24H19N3O2S/c28-22(15-10-17-6-2-1-3-7-17)26-24(30)25-19-11-13-20(14-12-19)27-16-18-8-4-5-9-21(18)23(27)29/h1-15H,16H2,(H2,25,26,28,30)/b15-10+. The van der Waals surface area contributed by atoms with Crippen LogP contribution in [0.1, 0.15) is 21.5 Å². The lowest BCUT2D eigenvalue weighted by atomic mass is 10.1. The first-order chi connectivity index (χ1) is 14.6. The van der Waals surface area contributed by atoms with Crippen molar-refractivity contribution in [1.29, 1.82) is 0 Å². The first-order valence-electron chi connectivity index (χ1n) is 9.45. The van der Waals surface area contributed by atoms with Crippen molar-refractivity contribution >= 4 is 46.6 Å². The normalized spacial score (nSPS) is 12.7. The van der Waals surface area contributed by atoms with Gasteiger partial charge >= 0.3 is 0 Å². The van der Waals surface area contributed by atoms with E-state index in [1.165, 1.54) is 6.08 Å². The number of anilines is 2. The maximum atomic E-state index is 12.6.